The Balaban J connectivity index is 1.87. The minimum absolute atomic E-state index is 0.481. The first-order valence-corrected chi connectivity index (χ1v) is 7.24. The Morgan fingerprint density at radius 1 is 1.05 bits per heavy atom. The van der Waals surface area contributed by atoms with E-state index in [1.54, 1.807) is 6.20 Å². The highest BCUT2D eigenvalue weighted by Gasteiger charge is 2.14. The average Bonchev–Trinajstić information content (AvgIpc) is 2.54. The summed E-state index contributed by atoms with van der Waals surface area (Å²) in [7, 11) is 0. The van der Waals surface area contributed by atoms with Crippen molar-refractivity contribution in [2.24, 2.45) is 0 Å². The van der Waals surface area contributed by atoms with Gasteiger partial charge in [0.05, 0.1) is 11.2 Å². The molecule has 0 saturated carbocycles. The molecule has 3 heteroatoms. The van der Waals surface area contributed by atoms with Crippen molar-refractivity contribution in [3.63, 3.8) is 0 Å². The highest BCUT2D eigenvalue weighted by molar-refractivity contribution is 5.78. The van der Waals surface area contributed by atoms with Crippen LogP contribution in [-0.2, 0) is 12.8 Å². The molecule has 3 rings (SSSR count). The molecule has 0 aliphatic heterocycles. The molecular weight excluding hydrogens is 260 g/mol. The Morgan fingerprint density at radius 2 is 1.90 bits per heavy atom. The van der Waals surface area contributed by atoms with Crippen LogP contribution in [0.25, 0.3) is 10.9 Å². The van der Waals surface area contributed by atoms with Crippen LogP contribution in [0, 0.1) is 0 Å². The number of fused-ring (bicyclic) bond motifs is 1. The van der Waals surface area contributed by atoms with Gasteiger partial charge in [-0.2, -0.15) is 0 Å². The van der Waals surface area contributed by atoms with Crippen molar-refractivity contribution in [3.8, 4) is 0 Å². The summed E-state index contributed by atoms with van der Waals surface area (Å²) in [5.74, 6) is 0. The third kappa shape index (κ3) is 2.93. The monoisotopic (exact) mass is 278 g/mol. The van der Waals surface area contributed by atoms with Crippen LogP contribution in [0.2, 0.25) is 0 Å². The van der Waals surface area contributed by atoms with E-state index in [-0.39, 0.29) is 0 Å². The van der Waals surface area contributed by atoms with Crippen LogP contribution >= 0.6 is 0 Å². The average molecular weight is 278 g/mol. The summed E-state index contributed by atoms with van der Waals surface area (Å²) >= 11 is 0. The zero-order valence-electron chi connectivity index (χ0n) is 12.0. The summed E-state index contributed by atoms with van der Waals surface area (Å²) < 4.78 is 0. The van der Waals surface area contributed by atoms with Crippen LogP contribution in [0.5, 0.6) is 0 Å². The second kappa shape index (κ2) is 6.02. The van der Waals surface area contributed by atoms with Gasteiger partial charge in [-0.1, -0.05) is 37.3 Å². The van der Waals surface area contributed by atoms with Crippen LogP contribution in [0.1, 0.15) is 30.0 Å². The van der Waals surface area contributed by atoms with E-state index < -0.39 is 6.10 Å². The van der Waals surface area contributed by atoms with E-state index in [4.69, 9.17) is 0 Å². The lowest BCUT2D eigenvalue weighted by atomic mass is 10.0. The number of aliphatic hydroxyl groups excluding tert-OH is 1. The molecule has 0 aliphatic carbocycles. The van der Waals surface area contributed by atoms with Crippen LogP contribution in [-0.4, -0.2) is 15.1 Å². The molecule has 0 fully saturated rings. The van der Waals surface area contributed by atoms with Crippen molar-refractivity contribution in [2.45, 2.75) is 25.9 Å². The molecule has 1 unspecified atom stereocenters. The molecule has 1 atom stereocenters. The molecule has 2 aromatic heterocycles. The number of nitrogens with zero attached hydrogens (tertiary/aromatic N) is 2. The van der Waals surface area contributed by atoms with Crippen molar-refractivity contribution in [3.05, 3.63) is 71.7 Å². The van der Waals surface area contributed by atoms with Gasteiger partial charge in [0.15, 0.2) is 0 Å². The van der Waals surface area contributed by atoms with Crippen LogP contribution < -0.4 is 0 Å². The van der Waals surface area contributed by atoms with Gasteiger partial charge in [0, 0.05) is 23.7 Å². The molecule has 21 heavy (non-hydrogen) atoms. The predicted molar refractivity (Wildman–Crippen MR) is 84.0 cm³/mol. The fourth-order valence-electron chi connectivity index (χ4n) is 2.57. The maximum Gasteiger partial charge on any atom is 0.102 e. The third-order valence-electron chi connectivity index (χ3n) is 3.68. The number of aromatic nitrogens is 2. The lowest BCUT2D eigenvalue weighted by Gasteiger charge is -2.13. The van der Waals surface area contributed by atoms with E-state index in [2.05, 4.69) is 16.9 Å². The van der Waals surface area contributed by atoms with Gasteiger partial charge >= 0.3 is 0 Å². The maximum atomic E-state index is 10.5. The fourth-order valence-corrected chi connectivity index (χ4v) is 2.57. The SMILES string of the molecule is CCc1cccnc1C(O)Cc1ccc2ccccc2n1. The lowest BCUT2D eigenvalue weighted by Crippen LogP contribution is -2.08. The molecule has 3 nitrogen and oxygen atoms in total. The van der Waals surface area contributed by atoms with E-state index in [9.17, 15) is 5.11 Å². The van der Waals surface area contributed by atoms with Gasteiger partial charge in [0.1, 0.15) is 6.10 Å². The first-order chi connectivity index (χ1) is 10.3. The molecule has 0 spiro atoms. The zero-order valence-corrected chi connectivity index (χ0v) is 12.0. The van der Waals surface area contributed by atoms with E-state index in [1.165, 1.54) is 0 Å². The van der Waals surface area contributed by atoms with Crippen LogP contribution in [0.4, 0.5) is 0 Å². The van der Waals surface area contributed by atoms with Gasteiger partial charge in [0.25, 0.3) is 0 Å². The highest BCUT2D eigenvalue weighted by Crippen LogP contribution is 2.21. The topological polar surface area (TPSA) is 46.0 Å². The molecule has 0 bridgehead atoms. The number of aliphatic hydroxyl groups is 1. The molecule has 0 amide bonds. The summed E-state index contributed by atoms with van der Waals surface area (Å²) in [6, 6.07) is 15.9. The molecule has 0 radical (unpaired) electrons. The lowest BCUT2D eigenvalue weighted by molar-refractivity contribution is 0.171. The molecule has 3 aromatic rings. The van der Waals surface area contributed by atoms with E-state index >= 15 is 0 Å². The van der Waals surface area contributed by atoms with Gasteiger partial charge in [-0.3, -0.25) is 9.97 Å². The third-order valence-corrected chi connectivity index (χ3v) is 3.68. The van der Waals surface area contributed by atoms with E-state index in [0.29, 0.717) is 6.42 Å². The molecule has 0 aliphatic rings. The standard InChI is InChI=1S/C18H18N2O/c1-2-13-7-5-11-19-18(13)17(21)12-15-10-9-14-6-3-4-8-16(14)20-15/h3-11,17,21H,2,12H2,1H3. The van der Waals surface area contributed by atoms with Gasteiger partial charge in [0.2, 0.25) is 0 Å². The minimum atomic E-state index is -0.616. The van der Waals surface area contributed by atoms with Crippen molar-refractivity contribution < 1.29 is 5.11 Å². The van der Waals surface area contributed by atoms with Crippen LogP contribution in [0.3, 0.4) is 0 Å². The summed E-state index contributed by atoms with van der Waals surface area (Å²) in [4.78, 5) is 8.94. The Morgan fingerprint density at radius 3 is 2.76 bits per heavy atom. The summed E-state index contributed by atoms with van der Waals surface area (Å²) in [6.45, 7) is 2.07. The number of rotatable bonds is 4. The summed E-state index contributed by atoms with van der Waals surface area (Å²) in [6.07, 6.45) is 2.46. The van der Waals surface area contributed by atoms with Crippen molar-refractivity contribution in [1.29, 1.82) is 0 Å². The van der Waals surface area contributed by atoms with Gasteiger partial charge in [-0.25, -0.2) is 0 Å². The minimum Gasteiger partial charge on any atom is -0.386 e. The molecule has 0 saturated heterocycles. The number of para-hydroxylation sites is 1. The molecule has 106 valence electrons. The Bertz CT molecular complexity index is 755. The van der Waals surface area contributed by atoms with Gasteiger partial charge < -0.3 is 5.11 Å². The maximum absolute atomic E-state index is 10.5. The zero-order chi connectivity index (χ0) is 14.7. The summed E-state index contributed by atoms with van der Waals surface area (Å²) in [5.41, 5.74) is 3.69. The summed E-state index contributed by atoms with van der Waals surface area (Å²) in [5, 5.41) is 11.6. The van der Waals surface area contributed by atoms with Gasteiger partial charge in [-0.05, 0) is 30.2 Å². The van der Waals surface area contributed by atoms with E-state index in [1.807, 2.05) is 48.5 Å². The number of hydrogen-bond acceptors (Lipinski definition) is 3. The number of pyridine rings is 2. The molecular formula is C18H18N2O. The molecule has 1 N–H and O–H groups in total. The Labute approximate surface area is 124 Å². The molecule has 1 aromatic carbocycles. The number of benzene rings is 1. The first-order valence-electron chi connectivity index (χ1n) is 7.24. The quantitative estimate of drug-likeness (QED) is 0.795. The second-order valence-corrected chi connectivity index (χ2v) is 5.12. The largest absolute Gasteiger partial charge is 0.386 e. The van der Waals surface area contributed by atoms with Crippen molar-refractivity contribution >= 4 is 10.9 Å². The van der Waals surface area contributed by atoms with E-state index in [0.717, 1.165) is 34.3 Å². The Kier molecular flexibility index (Phi) is 3.93. The van der Waals surface area contributed by atoms with Gasteiger partial charge in [-0.15, -0.1) is 0 Å². The smallest absolute Gasteiger partial charge is 0.102 e. The predicted octanol–water partition coefficient (Wildman–Crippen LogP) is 3.47. The van der Waals surface area contributed by atoms with Crippen molar-refractivity contribution in [1.82, 2.24) is 9.97 Å². The highest BCUT2D eigenvalue weighted by atomic mass is 16.3. The van der Waals surface area contributed by atoms with Crippen molar-refractivity contribution in [2.75, 3.05) is 0 Å². The fraction of sp³-hybridized carbons (Fsp3) is 0.222. The number of hydrogen-bond donors (Lipinski definition) is 1. The second-order valence-electron chi connectivity index (χ2n) is 5.12. The first kappa shape index (κ1) is 13.7. The Hall–Kier alpha value is -2.26. The number of aryl methyl sites for hydroxylation is 1. The van der Waals surface area contributed by atoms with Crippen LogP contribution in [0.15, 0.2) is 54.7 Å². The molecule has 2 heterocycles. The normalized spacial score (nSPS) is 12.5.